The number of hydrogen-bond donors (Lipinski definition) is 2. The van der Waals surface area contributed by atoms with Gasteiger partial charge in [0.05, 0.1) is 6.20 Å². The van der Waals surface area contributed by atoms with E-state index in [4.69, 9.17) is 0 Å². The maximum absolute atomic E-state index is 13.0. The van der Waals surface area contributed by atoms with Crippen molar-refractivity contribution < 1.29 is 4.39 Å². The first-order valence-electron chi connectivity index (χ1n) is 6.50. The van der Waals surface area contributed by atoms with Gasteiger partial charge in [-0.1, -0.05) is 13.8 Å². The molecular formula is C12H21FN4O2. The Bertz CT molecular complexity index is 493. The van der Waals surface area contributed by atoms with E-state index in [2.05, 4.69) is 24.1 Å². The van der Waals surface area contributed by atoms with Gasteiger partial charge in [0.15, 0.2) is 0 Å². The third-order valence-electron chi connectivity index (χ3n) is 3.00. The zero-order valence-electron chi connectivity index (χ0n) is 11.4. The molecular weight excluding hydrogens is 251 g/mol. The standard InChI is InChI=1S/C12H21FN4O2/c1-3-16(4-2)7-5-14-6-8-17-9-10(13)11(18)15-12(17)19/h9,14H,3-8H2,1-2H3,(H,15,18,19). The van der Waals surface area contributed by atoms with E-state index in [0.717, 1.165) is 36.9 Å². The van der Waals surface area contributed by atoms with Crippen molar-refractivity contribution in [1.82, 2.24) is 19.8 Å². The summed E-state index contributed by atoms with van der Waals surface area (Å²) in [5.41, 5.74) is -1.56. The van der Waals surface area contributed by atoms with Crippen molar-refractivity contribution in [2.45, 2.75) is 20.4 Å². The predicted octanol–water partition coefficient (Wildman–Crippen LogP) is -0.393. The number of rotatable bonds is 8. The molecule has 0 aliphatic rings. The second kappa shape index (κ2) is 7.85. The monoisotopic (exact) mass is 272 g/mol. The van der Waals surface area contributed by atoms with Gasteiger partial charge in [-0.15, -0.1) is 0 Å². The third-order valence-corrected chi connectivity index (χ3v) is 3.00. The summed E-state index contributed by atoms with van der Waals surface area (Å²) in [4.78, 5) is 26.4. The number of hydrogen-bond acceptors (Lipinski definition) is 4. The number of aromatic amines is 1. The summed E-state index contributed by atoms with van der Waals surface area (Å²) in [5.74, 6) is -0.942. The Morgan fingerprint density at radius 1 is 1.32 bits per heavy atom. The molecule has 0 spiro atoms. The van der Waals surface area contributed by atoms with E-state index in [1.165, 1.54) is 0 Å². The molecule has 0 radical (unpaired) electrons. The Labute approximate surface area is 111 Å². The van der Waals surface area contributed by atoms with Crippen molar-refractivity contribution in [3.63, 3.8) is 0 Å². The van der Waals surface area contributed by atoms with Gasteiger partial charge in [0.2, 0.25) is 5.82 Å². The van der Waals surface area contributed by atoms with Gasteiger partial charge in [0.1, 0.15) is 0 Å². The number of nitrogens with one attached hydrogen (secondary N) is 2. The number of likely N-dealkylation sites (N-methyl/N-ethyl adjacent to an activating group) is 1. The summed E-state index contributed by atoms with van der Waals surface area (Å²) in [6.45, 7) is 8.82. The maximum atomic E-state index is 13.0. The van der Waals surface area contributed by atoms with Crippen LogP contribution in [-0.4, -0.2) is 47.2 Å². The molecule has 1 rings (SSSR count). The third kappa shape index (κ3) is 4.96. The molecule has 1 heterocycles. The summed E-state index contributed by atoms with van der Waals surface area (Å²) < 4.78 is 14.2. The summed E-state index contributed by atoms with van der Waals surface area (Å²) in [6, 6.07) is 0. The van der Waals surface area contributed by atoms with Crippen LogP contribution in [0.4, 0.5) is 4.39 Å². The average molecular weight is 272 g/mol. The molecule has 19 heavy (non-hydrogen) atoms. The Morgan fingerprint density at radius 2 is 2.00 bits per heavy atom. The van der Waals surface area contributed by atoms with Crippen LogP contribution in [0.3, 0.4) is 0 Å². The summed E-state index contributed by atoms with van der Waals surface area (Å²) in [6.07, 6.45) is 0.938. The van der Waals surface area contributed by atoms with Crippen molar-refractivity contribution in [1.29, 1.82) is 0 Å². The minimum Gasteiger partial charge on any atom is -0.314 e. The van der Waals surface area contributed by atoms with Crippen LogP contribution in [0.5, 0.6) is 0 Å². The molecule has 0 saturated heterocycles. The number of aromatic nitrogens is 2. The number of halogens is 1. The average Bonchev–Trinajstić information content (AvgIpc) is 2.39. The second-order valence-corrected chi connectivity index (χ2v) is 4.21. The number of nitrogens with zero attached hydrogens (tertiary/aromatic N) is 2. The lowest BCUT2D eigenvalue weighted by Gasteiger charge is -2.18. The van der Waals surface area contributed by atoms with E-state index in [9.17, 15) is 14.0 Å². The Balaban J connectivity index is 2.36. The zero-order chi connectivity index (χ0) is 14.3. The molecule has 1 aromatic rings. The van der Waals surface area contributed by atoms with E-state index < -0.39 is 17.1 Å². The Morgan fingerprint density at radius 3 is 2.63 bits per heavy atom. The molecule has 1 aromatic heterocycles. The molecule has 7 heteroatoms. The second-order valence-electron chi connectivity index (χ2n) is 4.21. The molecule has 0 fully saturated rings. The minimum absolute atomic E-state index is 0.324. The smallest absolute Gasteiger partial charge is 0.314 e. The van der Waals surface area contributed by atoms with Crippen molar-refractivity contribution in [3.8, 4) is 0 Å². The predicted molar refractivity (Wildman–Crippen MR) is 71.9 cm³/mol. The van der Waals surface area contributed by atoms with E-state index in [-0.39, 0.29) is 0 Å². The van der Waals surface area contributed by atoms with E-state index in [0.29, 0.717) is 13.1 Å². The normalized spacial score (nSPS) is 11.2. The fourth-order valence-corrected chi connectivity index (χ4v) is 1.75. The molecule has 0 amide bonds. The van der Waals surface area contributed by atoms with Gasteiger partial charge in [-0.3, -0.25) is 14.3 Å². The first-order chi connectivity index (χ1) is 9.08. The molecule has 0 aromatic carbocycles. The van der Waals surface area contributed by atoms with Gasteiger partial charge >= 0.3 is 5.69 Å². The summed E-state index contributed by atoms with van der Waals surface area (Å²) >= 11 is 0. The van der Waals surface area contributed by atoms with E-state index in [1.54, 1.807) is 0 Å². The highest BCUT2D eigenvalue weighted by Crippen LogP contribution is 1.85. The quantitative estimate of drug-likeness (QED) is 0.632. The van der Waals surface area contributed by atoms with Gasteiger partial charge in [-0.2, -0.15) is 4.39 Å². The van der Waals surface area contributed by atoms with E-state index >= 15 is 0 Å². The molecule has 0 bridgehead atoms. The topological polar surface area (TPSA) is 70.1 Å². The largest absolute Gasteiger partial charge is 0.328 e. The van der Waals surface area contributed by atoms with Gasteiger partial charge in [-0.05, 0) is 13.1 Å². The molecule has 0 unspecified atom stereocenters. The van der Waals surface area contributed by atoms with Gasteiger partial charge in [-0.25, -0.2) is 4.79 Å². The highest BCUT2D eigenvalue weighted by atomic mass is 19.1. The van der Waals surface area contributed by atoms with Crippen molar-refractivity contribution in [2.75, 3.05) is 32.7 Å². The molecule has 0 aliphatic heterocycles. The fourth-order valence-electron chi connectivity index (χ4n) is 1.75. The molecule has 108 valence electrons. The highest BCUT2D eigenvalue weighted by Gasteiger charge is 2.03. The number of H-pyrrole nitrogens is 1. The first kappa shape index (κ1) is 15.6. The maximum Gasteiger partial charge on any atom is 0.328 e. The first-order valence-corrected chi connectivity index (χ1v) is 6.50. The lowest BCUT2D eigenvalue weighted by molar-refractivity contribution is 0.301. The Hall–Kier alpha value is -1.47. The van der Waals surface area contributed by atoms with Crippen LogP contribution in [-0.2, 0) is 6.54 Å². The van der Waals surface area contributed by atoms with Gasteiger partial charge in [0, 0.05) is 26.2 Å². The van der Waals surface area contributed by atoms with Crippen molar-refractivity contribution in [2.24, 2.45) is 0 Å². The SMILES string of the molecule is CCN(CC)CCNCCn1cc(F)c(=O)[nH]c1=O. The van der Waals surface area contributed by atoms with Gasteiger partial charge < -0.3 is 10.2 Å². The van der Waals surface area contributed by atoms with Crippen LogP contribution < -0.4 is 16.6 Å². The van der Waals surface area contributed by atoms with Crippen molar-refractivity contribution in [3.05, 3.63) is 32.9 Å². The summed E-state index contributed by atoms with van der Waals surface area (Å²) in [7, 11) is 0. The van der Waals surface area contributed by atoms with E-state index in [1.807, 2.05) is 4.98 Å². The lowest BCUT2D eigenvalue weighted by atomic mass is 10.4. The lowest BCUT2D eigenvalue weighted by Crippen LogP contribution is -2.36. The van der Waals surface area contributed by atoms with Crippen LogP contribution in [0.1, 0.15) is 13.8 Å². The van der Waals surface area contributed by atoms with Crippen LogP contribution in [0.2, 0.25) is 0 Å². The molecule has 0 atom stereocenters. The molecule has 0 saturated carbocycles. The van der Waals surface area contributed by atoms with Gasteiger partial charge in [0.25, 0.3) is 5.56 Å². The van der Waals surface area contributed by atoms with Crippen LogP contribution in [0.15, 0.2) is 15.8 Å². The molecule has 2 N–H and O–H groups in total. The van der Waals surface area contributed by atoms with Crippen LogP contribution >= 0.6 is 0 Å². The van der Waals surface area contributed by atoms with Crippen LogP contribution in [0.25, 0.3) is 0 Å². The minimum atomic E-state index is -0.976. The Kier molecular flexibility index (Phi) is 6.44. The fraction of sp³-hybridized carbons (Fsp3) is 0.667. The summed E-state index contributed by atoms with van der Waals surface area (Å²) in [5, 5.41) is 3.18. The molecule has 6 nitrogen and oxygen atoms in total. The molecule has 0 aliphatic carbocycles. The van der Waals surface area contributed by atoms with Crippen molar-refractivity contribution >= 4 is 0 Å². The van der Waals surface area contributed by atoms with Crippen LogP contribution in [0, 0.1) is 5.82 Å². The highest BCUT2D eigenvalue weighted by molar-refractivity contribution is 4.87. The zero-order valence-corrected chi connectivity index (χ0v) is 11.4.